The summed E-state index contributed by atoms with van der Waals surface area (Å²) in [7, 11) is -3.34. The summed E-state index contributed by atoms with van der Waals surface area (Å²) in [4.78, 5) is 4.05. The molecule has 0 saturated heterocycles. The van der Waals surface area contributed by atoms with Crippen molar-refractivity contribution in [2.24, 2.45) is 0 Å². The van der Waals surface area contributed by atoms with Crippen LogP contribution in [0.2, 0.25) is 5.02 Å². The maximum atomic E-state index is 11.5. The fraction of sp³-hybridized carbons (Fsp3) is 0.125. The molecule has 15 heavy (non-hydrogen) atoms. The van der Waals surface area contributed by atoms with Gasteiger partial charge < -0.3 is 0 Å². The van der Waals surface area contributed by atoms with Crippen molar-refractivity contribution in [3.8, 4) is 0 Å². The third-order valence-corrected chi connectivity index (χ3v) is 4.07. The van der Waals surface area contributed by atoms with Crippen LogP contribution in [-0.2, 0) is 9.84 Å². The fourth-order valence-corrected chi connectivity index (χ4v) is 3.62. The van der Waals surface area contributed by atoms with Gasteiger partial charge in [0, 0.05) is 12.5 Å². The Balaban J connectivity index is 2.99. The Morgan fingerprint density at radius 2 is 2.20 bits per heavy atom. The molecular weight excluding hydrogens is 304 g/mol. The van der Waals surface area contributed by atoms with Gasteiger partial charge in [0.25, 0.3) is 0 Å². The first kappa shape index (κ1) is 10.9. The van der Waals surface area contributed by atoms with Crippen molar-refractivity contribution in [3.63, 3.8) is 0 Å². The van der Waals surface area contributed by atoms with Crippen molar-refractivity contribution < 1.29 is 8.42 Å². The average molecular weight is 310 g/mol. The van der Waals surface area contributed by atoms with Gasteiger partial charge in [0.1, 0.15) is 4.60 Å². The van der Waals surface area contributed by atoms with Crippen LogP contribution in [0.1, 0.15) is 0 Å². The molecule has 0 amide bonds. The van der Waals surface area contributed by atoms with E-state index in [-0.39, 0.29) is 9.63 Å². The van der Waals surface area contributed by atoms with Gasteiger partial charge in [-0.2, -0.15) is 0 Å². The minimum atomic E-state index is -3.34. The van der Waals surface area contributed by atoms with E-state index in [1.54, 1.807) is 18.3 Å². The van der Waals surface area contributed by atoms with Crippen molar-refractivity contribution in [2.75, 3.05) is 6.26 Å². The number of aromatic nitrogens is 2. The Morgan fingerprint density at radius 1 is 1.53 bits per heavy atom. The molecule has 0 aliphatic carbocycles. The Labute approximate surface area is 99.9 Å². The van der Waals surface area contributed by atoms with Gasteiger partial charge in [-0.3, -0.25) is 4.40 Å². The van der Waals surface area contributed by atoms with E-state index in [0.717, 1.165) is 6.26 Å². The number of imidazole rings is 1. The van der Waals surface area contributed by atoms with Crippen LogP contribution < -0.4 is 0 Å². The zero-order chi connectivity index (χ0) is 11.2. The van der Waals surface area contributed by atoms with Crippen LogP contribution >= 0.6 is 27.5 Å². The second-order valence-corrected chi connectivity index (χ2v) is 6.12. The molecule has 0 fully saturated rings. The molecule has 2 heterocycles. The highest BCUT2D eigenvalue weighted by atomic mass is 79.9. The maximum Gasteiger partial charge on any atom is 0.194 e. The number of halogens is 2. The predicted octanol–water partition coefficient (Wildman–Crippen LogP) is 2.15. The first-order valence-corrected chi connectivity index (χ1v) is 6.99. The Morgan fingerprint density at radius 3 is 2.80 bits per heavy atom. The zero-order valence-electron chi connectivity index (χ0n) is 7.61. The van der Waals surface area contributed by atoms with E-state index in [9.17, 15) is 8.42 Å². The minimum Gasteiger partial charge on any atom is -0.288 e. The van der Waals surface area contributed by atoms with E-state index in [4.69, 9.17) is 11.6 Å². The zero-order valence-corrected chi connectivity index (χ0v) is 10.8. The summed E-state index contributed by atoms with van der Waals surface area (Å²) in [6, 6.07) is 3.32. The van der Waals surface area contributed by atoms with E-state index in [1.807, 2.05) is 0 Å². The number of nitrogens with zero attached hydrogens (tertiary/aromatic N) is 2. The molecule has 2 rings (SSSR count). The lowest BCUT2D eigenvalue weighted by atomic mass is 10.5. The third-order valence-electron chi connectivity index (χ3n) is 1.87. The SMILES string of the molecule is CS(=O)(=O)c1c(Br)nc2c(Cl)cccn12. The first-order chi connectivity index (χ1) is 6.91. The first-order valence-electron chi connectivity index (χ1n) is 3.93. The molecule has 0 aromatic carbocycles. The second kappa shape index (κ2) is 3.47. The van der Waals surface area contributed by atoms with Crippen molar-refractivity contribution in [1.29, 1.82) is 0 Å². The molecule has 2 aromatic rings. The second-order valence-electron chi connectivity index (χ2n) is 3.03. The molecule has 0 spiro atoms. The van der Waals surface area contributed by atoms with Gasteiger partial charge in [-0.05, 0) is 28.1 Å². The normalized spacial score (nSPS) is 12.2. The Hall–Kier alpha value is -0.590. The average Bonchev–Trinajstić information content (AvgIpc) is 2.41. The summed E-state index contributed by atoms with van der Waals surface area (Å²) in [5.74, 6) is 0. The summed E-state index contributed by atoms with van der Waals surface area (Å²) in [6.45, 7) is 0. The molecule has 4 nitrogen and oxygen atoms in total. The molecule has 80 valence electrons. The number of hydrogen-bond donors (Lipinski definition) is 0. The van der Waals surface area contributed by atoms with Crippen LogP contribution in [0.25, 0.3) is 5.65 Å². The van der Waals surface area contributed by atoms with Gasteiger partial charge in [0.05, 0.1) is 5.02 Å². The van der Waals surface area contributed by atoms with E-state index >= 15 is 0 Å². The molecule has 2 aromatic heterocycles. The fourth-order valence-electron chi connectivity index (χ4n) is 1.32. The van der Waals surface area contributed by atoms with Crippen molar-refractivity contribution in [1.82, 2.24) is 9.38 Å². The molecule has 0 aliphatic heterocycles. The molecule has 0 bridgehead atoms. The maximum absolute atomic E-state index is 11.5. The van der Waals surface area contributed by atoms with E-state index in [1.165, 1.54) is 4.40 Å². The van der Waals surface area contributed by atoms with Gasteiger partial charge in [0.2, 0.25) is 0 Å². The molecule has 0 radical (unpaired) electrons. The highest BCUT2D eigenvalue weighted by Gasteiger charge is 2.20. The molecule has 0 N–H and O–H groups in total. The highest BCUT2D eigenvalue weighted by molar-refractivity contribution is 9.10. The Bertz CT molecular complexity index is 635. The topological polar surface area (TPSA) is 51.4 Å². The summed E-state index contributed by atoms with van der Waals surface area (Å²) >= 11 is 9.00. The number of sulfone groups is 1. The monoisotopic (exact) mass is 308 g/mol. The van der Waals surface area contributed by atoms with Crippen LogP contribution in [0.5, 0.6) is 0 Å². The van der Waals surface area contributed by atoms with Crippen LogP contribution in [0.4, 0.5) is 0 Å². The number of rotatable bonds is 1. The van der Waals surface area contributed by atoms with Gasteiger partial charge in [-0.1, -0.05) is 11.6 Å². The van der Waals surface area contributed by atoms with Gasteiger partial charge in [-0.15, -0.1) is 0 Å². The van der Waals surface area contributed by atoms with E-state index in [2.05, 4.69) is 20.9 Å². The predicted molar refractivity (Wildman–Crippen MR) is 61.0 cm³/mol. The number of pyridine rings is 1. The quantitative estimate of drug-likeness (QED) is 0.811. The van der Waals surface area contributed by atoms with Crippen molar-refractivity contribution in [2.45, 2.75) is 5.03 Å². The highest BCUT2D eigenvalue weighted by Crippen LogP contribution is 2.26. The summed E-state index contributed by atoms with van der Waals surface area (Å²) < 4.78 is 24.7. The molecule has 7 heteroatoms. The van der Waals surface area contributed by atoms with Crippen molar-refractivity contribution >= 4 is 43.0 Å². The van der Waals surface area contributed by atoms with Crippen molar-refractivity contribution in [3.05, 3.63) is 28.0 Å². The lowest BCUT2D eigenvalue weighted by Crippen LogP contribution is -2.02. The molecule has 0 aliphatic rings. The molecular formula is C8H6BrClN2O2S. The molecule has 0 atom stereocenters. The summed E-state index contributed by atoms with van der Waals surface area (Å²) in [6.07, 6.45) is 2.73. The molecule has 0 unspecified atom stereocenters. The van der Waals surface area contributed by atoms with Gasteiger partial charge >= 0.3 is 0 Å². The Kier molecular flexibility index (Phi) is 2.52. The lowest BCUT2D eigenvalue weighted by molar-refractivity contribution is 0.596. The number of hydrogen-bond acceptors (Lipinski definition) is 3. The van der Waals surface area contributed by atoms with Crippen LogP contribution in [-0.4, -0.2) is 24.1 Å². The van der Waals surface area contributed by atoms with E-state index < -0.39 is 9.84 Å². The summed E-state index contributed by atoms with van der Waals surface area (Å²) in [5.41, 5.74) is 0.423. The summed E-state index contributed by atoms with van der Waals surface area (Å²) in [5, 5.41) is 0.521. The molecule has 0 saturated carbocycles. The van der Waals surface area contributed by atoms with E-state index in [0.29, 0.717) is 10.7 Å². The smallest absolute Gasteiger partial charge is 0.194 e. The van der Waals surface area contributed by atoms with Crippen LogP contribution in [0, 0.1) is 0 Å². The van der Waals surface area contributed by atoms with Gasteiger partial charge in [0.15, 0.2) is 20.5 Å². The minimum absolute atomic E-state index is 0.111. The standard InChI is InChI=1S/C8H6BrClN2O2S/c1-15(13,14)8-6(9)11-7-5(10)3-2-4-12(7)8/h2-4H,1H3. The largest absolute Gasteiger partial charge is 0.288 e. The number of fused-ring (bicyclic) bond motifs is 1. The van der Waals surface area contributed by atoms with Gasteiger partial charge in [-0.25, -0.2) is 13.4 Å². The van der Waals surface area contributed by atoms with Crippen LogP contribution in [0.15, 0.2) is 28.0 Å². The lowest BCUT2D eigenvalue weighted by Gasteiger charge is -1.99. The van der Waals surface area contributed by atoms with Crippen LogP contribution in [0.3, 0.4) is 0 Å². The third kappa shape index (κ3) is 1.77.